The number of ether oxygens (including phenoxy) is 1. The van der Waals surface area contributed by atoms with Crippen molar-refractivity contribution in [2.45, 2.75) is 13.8 Å². The minimum Gasteiger partial charge on any atom is -0.462 e. The van der Waals surface area contributed by atoms with Gasteiger partial charge in [0.1, 0.15) is 17.1 Å². The van der Waals surface area contributed by atoms with E-state index in [0.717, 1.165) is 21.4 Å². The van der Waals surface area contributed by atoms with E-state index in [-0.39, 0.29) is 0 Å². The third kappa shape index (κ3) is 5.35. The first-order valence-electron chi connectivity index (χ1n) is 10.0. The van der Waals surface area contributed by atoms with Crippen LogP contribution in [-0.2, 0) is 4.74 Å². The summed E-state index contributed by atoms with van der Waals surface area (Å²) >= 11 is 11.0. The van der Waals surface area contributed by atoms with Gasteiger partial charge in [-0.3, -0.25) is 4.57 Å². The van der Waals surface area contributed by atoms with Crippen molar-refractivity contribution in [1.29, 1.82) is 0 Å². The molecular formula is C24H19BrClN3O3S. The van der Waals surface area contributed by atoms with Crippen molar-refractivity contribution in [3.8, 4) is 16.9 Å². The lowest BCUT2D eigenvalue weighted by Gasteiger charge is -2.09. The number of furan rings is 1. The topological polar surface area (TPSA) is 69.1 Å². The van der Waals surface area contributed by atoms with Gasteiger partial charge in [0.05, 0.1) is 18.5 Å². The Labute approximate surface area is 207 Å². The lowest BCUT2D eigenvalue weighted by molar-refractivity contribution is 0.0524. The summed E-state index contributed by atoms with van der Waals surface area (Å²) in [5.41, 5.74) is 3.30. The van der Waals surface area contributed by atoms with Crippen molar-refractivity contribution in [3.05, 3.63) is 91.4 Å². The first kappa shape index (κ1) is 23.2. The smallest absolute Gasteiger partial charge is 0.341 e. The fraction of sp³-hybridized carbons (Fsp3) is 0.125. The molecule has 9 heteroatoms. The quantitative estimate of drug-likeness (QED) is 0.155. The van der Waals surface area contributed by atoms with Gasteiger partial charge < -0.3 is 9.15 Å². The number of nitrogens with zero attached hydrogens (tertiary/aromatic N) is 3. The fourth-order valence-electron chi connectivity index (χ4n) is 3.16. The van der Waals surface area contributed by atoms with Crippen LogP contribution in [0.25, 0.3) is 16.9 Å². The van der Waals surface area contributed by atoms with E-state index < -0.39 is 5.97 Å². The van der Waals surface area contributed by atoms with Crippen LogP contribution in [0.5, 0.6) is 0 Å². The summed E-state index contributed by atoms with van der Waals surface area (Å²) < 4.78 is 13.7. The molecule has 4 rings (SSSR count). The van der Waals surface area contributed by atoms with Crippen LogP contribution in [0, 0.1) is 6.92 Å². The van der Waals surface area contributed by atoms with Crippen LogP contribution < -0.4 is 4.80 Å². The number of carbonyl (C=O) groups is 1. The second-order valence-electron chi connectivity index (χ2n) is 6.91. The van der Waals surface area contributed by atoms with Crippen molar-refractivity contribution in [2.75, 3.05) is 6.61 Å². The van der Waals surface area contributed by atoms with Crippen LogP contribution in [0.3, 0.4) is 0 Å². The number of aryl methyl sites for hydroxylation is 1. The number of carbonyl (C=O) groups excluding carboxylic acids is 1. The van der Waals surface area contributed by atoms with E-state index in [1.807, 2.05) is 58.5 Å². The third-order valence-corrected chi connectivity index (χ3v) is 6.29. The van der Waals surface area contributed by atoms with Crippen LogP contribution in [-0.4, -0.2) is 23.4 Å². The predicted octanol–water partition coefficient (Wildman–Crippen LogP) is 6.63. The fourth-order valence-corrected chi connectivity index (χ4v) is 4.41. The Balaban J connectivity index is 1.73. The average Bonchev–Trinajstić information content (AvgIpc) is 3.39. The molecule has 0 bridgehead atoms. The standard InChI is InChI=1S/C24H19BrClN3O3S/c1-3-31-23(30)21-12-20(32-15(21)2)13-27-28-24-29(19-10-8-18(26)9-11-19)22(14-33-24)16-4-6-17(25)7-5-16/h4-14H,3H2,1-2H3/b27-13+,28-24+. The summed E-state index contributed by atoms with van der Waals surface area (Å²) in [6.45, 7) is 3.76. The SMILES string of the molecule is CCOC(=O)c1cc(/C=N/N=c2/scc(-c3ccc(Br)cc3)n2-c2ccc(Cl)cc2)oc1C. The van der Waals surface area contributed by atoms with Crippen LogP contribution >= 0.6 is 38.9 Å². The Morgan fingerprint density at radius 1 is 1.21 bits per heavy atom. The molecule has 0 fully saturated rings. The average molecular weight is 545 g/mol. The van der Waals surface area contributed by atoms with E-state index in [9.17, 15) is 4.79 Å². The van der Waals surface area contributed by atoms with Gasteiger partial charge in [-0.2, -0.15) is 5.10 Å². The lowest BCUT2D eigenvalue weighted by Crippen LogP contribution is -2.13. The summed E-state index contributed by atoms with van der Waals surface area (Å²) in [7, 11) is 0. The molecule has 0 atom stereocenters. The summed E-state index contributed by atoms with van der Waals surface area (Å²) in [4.78, 5) is 12.7. The molecule has 0 amide bonds. The molecule has 168 valence electrons. The Kier molecular flexibility index (Phi) is 7.27. The van der Waals surface area contributed by atoms with Gasteiger partial charge in [0, 0.05) is 26.6 Å². The Morgan fingerprint density at radius 2 is 1.94 bits per heavy atom. The van der Waals surface area contributed by atoms with Crippen molar-refractivity contribution < 1.29 is 13.9 Å². The van der Waals surface area contributed by atoms with Gasteiger partial charge in [-0.1, -0.05) is 39.7 Å². The molecule has 0 aliphatic rings. The van der Waals surface area contributed by atoms with E-state index >= 15 is 0 Å². The third-order valence-electron chi connectivity index (χ3n) is 4.69. The maximum atomic E-state index is 12.0. The molecule has 0 radical (unpaired) electrons. The molecule has 0 saturated heterocycles. The van der Waals surface area contributed by atoms with Crippen LogP contribution in [0.2, 0.25) is 5.02 Å². The van der Waals surface area contributed by atoms with E-state index in [4.69, 9.17) is 20.8 Å². The van der Waals surface area contributed by atoms with Crippen molar-refractivity contribution in [2.24, 2.45) is 10.2 Å². The maximum Gasteiger partial charge on any atom is 0.341 e. The molecular weight excluding hydrogens is 526 g/mol. The second kappa shape index (κ2) is 10.3. The van der Waals surface area contributed by atoms with E-state index in [2.05, 4.69) is 26.1 Å². The molecule has 2 aromatic carbocycles. The molecule has 0 aliphatic heterocycles. The number of benzene rings is 2. The molecule has 0 aliphatic carbocycles. The number of halogens is 2. The maximum absolute atomic E-state index is 12.0. The highest BCUT2D eigenvalue weighted by atomic mass is 79.9. The van der Waals surface area contributed by atoms with Gasteiger partial charge in [0.15, 0.2) is 0 Å². The molecule has 4 aromatic rings. The number of rotatable bonds is 6. The highest BCUT2D eigenvalue weighted by Gasteiger charge is 2.15. The van der Waals surface area contributed by atoms with Gasteiger partial charge in [0.2, 0.25) is 4.80 Å². The summed E-state index contributed by atoms with van der Waals surface area (Å²) in [6.07, 6.45) is 1.47. The normalized spacial score (nSPS) is 11.9. The minimum absolute atomic E-state index is 0.298. The Bertz CT molecular complexity index is 1370. The molecule has 0 unspecified atom stereocenters. The molecule has 0 saturated carbocycles. The summed E-state index contributed by atoms with van der Waals surface area (Å²) in [5, 5.41) is 11.3. The minimum atomic E-state index is -0.423. The lowest BCUT2D eigenvalue weighted by atomic mass is 10.1. The largest absolute Gasteiger partial charge is 0.462 e. The second-order valence-corrected chi connectivity index (χ2v) is 9.09. The first-order chi connectivity index (χ1) is 16.0. The first-order valence-corrected chi connectivity index (χ1v) is 12.1. The van der Waals surface area contributed by atoms with Crippen molar-refractivity contribution in [3.63, 3.8) is 0 Å². The van der Waals surface area contributed by atoms with E-state index in [1.165, 1.54) is 17.6 Å². The number of thiazole rings is 1. The molecule has 33 heavy (non-hydrogen) atoms. The molecule has 0 spiro atoms. The van der Waals surface area contributed by atoms with E-state index in [1.54, 1.807) is 19.9 Å². The Morgan fingerprint density at radius 3 is 2.64 bits per heavy atom. The van der Waals surface area contributed by atoms with Gasteiger partial charge in [0.25, 0.3) is 0 Å². The van der Waals surface area contributed by atoms with Gasteiger partial charge in [-0.25, -0.2) is 4.79 Å². The zero-order valence-electron chi connectivity index (χ0n) is 17.8. The van der Waals surface area contributed by atoms with Gasteiger partial charge >= 0.3 is 5.97 Å². The van der Waals surface area contributed by atoms with Gasteiger partial charge in [-0.15, -0.1) is 16.4 Å². The van der Waals surface area contributed by atoms with Crippen LogP contribution in [0.4, 0.5) is 0 Å². The van der Waals surface area contributed by atoms with Crippen molar-refractivity contribution in [1.82, 2.24) is 4.57 Å². The molecule has 6 nitrogen and oxygen atoms in total. The van der Waals surface area contributed by atoms with Crippen molar-refractivity contribution >= 4 is 51.1 Å². The number of hydrogen-bond donors (Lipinski definition) is 0. The van der Waals surface area contributed by atoms with Gasteiger partial charge in [-0.05, 0) is 55.8 Å². The molecule has 0 N–H and O–H groups in total. The summed E-state index contributed by atoms with van der Waals surface area (Å²) in [6, 6.07) is 17.2. The Hall–Kier alpha value is -2.94. The summed E-state index contributed by atoms with van der Waals surface area (Å²) in [5.74, 6) is 0.468. The monoisotopic (exact) mass is 543 g/mol. The highest BCUT2D eigenvalue weighted by Crippen LogP contribution is 2.26. The molecule has 2 heterocycles. The van der Waals surface area contributed by atoms with Crippen LogP contribution in [0.15, 0.2) is 79.1 Å². The number of hydrogen-bond acceptors (Lipinski definition) is 6. The predicted molar refractivity (Wildman–Crippen MR) is 134 cm³/mol. The zero-order valence-corrected chi connectivity index (χ0v) is 20.9. The van der Waals surface area contributed by atoms with E-state index in [0.29, 0.717) is 33.5 Å². The van der Waals surface area contributed by atoms with Crippen LogP contribution in [0.1, 0.15) is 28.8 Å². The number of esters is 1. The highest BCUT2D eigenvalue weighted by molar-refractivity contribution is 9.10. The zero-order chi connectivity index (χ0) is 23.4. The number of aromatic nitrogens is 1. The molecule has 2 aromatic heterocycles.